The summed E-state index contributed by atoms with van der Waals surface area (Å²) in [6.07, 6.45) is 1.17. The number of benzene rings is 3. The van der Waals surface area contributed by atoms with Crippen molar-refractivity contribution >= 4 is 11.6 Å². The molecule has 0 saturated heterocycles. The molecule has 3 aromatic rings. The molecule has 2 N–H and O–H groups in total. The molecule has 0 aliphatic rings. The first kappa shape index (κ1) is 23.2. The van der Waals surface area contributed by atoms with E-state index >= 15 is 0 Å². The van der Waals surface area contributed by atoms with Gasteiger partial charge in [0.05, 0.1) is 19.8 Å². The number of hydrogen-bond donors (Lipinski definition) is 1. The molecule has 0 aromatic heterocycles. The van der Waals surface area contributed by atoms with Crippen LogP contribution in [-0.2, 0) is 0 Å². The van der Waals surface area contributed by atoms with Crippen LogP contribution in [-0.4, -0.2) is 19.8 Å². The second-order valence-corrected chi connectivity index (χ2v) is 8.62. The monoisotopic (exact) mass is 438 g/mol. The summed E-state index contributed by atoms with van der Waals surface area (Å²) < 4.78 is 11.5. The number of nitrogens with two attached hydrogens (primary N) is 1. The Labute approximate surface area is 191 Å². The lowest BCUT2D eigenvalue weighted by Gasteiger charge is -2.21. The van der Waals surface area contributed by atoms with Gasteiger partial charge < -0.3 is 14.8 Å². The van der Waals surface area contributed by atoms with Crippen LogP contribution in [0.25, 0.3) is 0 Å². The summed E-state index contributed by atoms with van der Waals surface area (Å²) in [5.74, 6) is 2.08. The van der Waals surface area contributed by atoms with Gasteiger partial charge in [-0.1, -0.05) is 54.1 Å². The van der Waals surface area contributed by atoms with Crippen molar-refractivity contribution in [2.45, 2.75) is 45.3 Å². The van der Waals surface area contributed by atoms with Crippen LogP contribution >= 0.6 is 11.6 Å². The van der Waals surface area contributed by atoms with Gasteiger partial charge in [0.25, 0.3) is 0 Å². The predicted molar refractivity (Wildman–Crippen MR) is 128 cm³/mol. The Kier molecular flexibility index (Phi) is 8.39. The molecule has 0 amide bonds. The first-order valence-corrected chi connectivity index (χ1v) is 11.3. The molecular formula is C27H33ClNO2+. The molecule has 2 atom stereocenters. The second kappa shape index (κ2) is 11.2. The Morgan fingerprint density at radius 3 is 2.13 bits per heavy atom. The summed E-state index contributed by atoms with van der Waals surface area (Å²) >= 11 is 6.03. The fourth-order valence-corrected chi connectivity index (χ4v) is 4.05. The number of para-hydroxylation sites is 1. The van der Waals surface area contributed by atoms with Crippen LogP contribution in [0.5, 0.6) is 11.5 Å². The van der Waals surface area contributed by atoms with Crippen LogP contribution in [0.15, 0.2) is 72.8 Å². The molecule has 31 heavy (non-hydrogen) atoms. The number of ether oxygens (including phenoxy) is 2. The maximum Gasteiger partial charge on any atom is 0.122 e. The molecule has 3 aromatic carbocycles. The molecule has 0 fully saturated rings. The SMILES string of the molecule is COc1ccccc1[C@H](CC[NH2+][C@@H](C)c1ccc(Cl)cc1)c1ccc(OC(C)C)cc1. The zero-order valence-corrected chi connectivity index (χ0v) is 19.6. The second-order valence-electron chi connectivity index (χ2n) is 8.18. The average molecular weight is 439 g/mol. The summed E-state index contributed by atoms with van der Waals surface area (Å²) in [4.78, 5) is 0. The maximum absolute atomic E-state index is 6.03. The summed E-state index contributed by atoms with van der Waals surface area (Å²) in [6, 6.07) is 25.3. The molecule has 3 rings (SSSR count). The Morgan fingerprint density at radius 2 is 1.48 bits per heavy atom. The van der Waals surface area contributed by atoms with Crippen molar-refractivity contribution < 1.29 is 14.8 Å². The fraction of sp³-hybridized carbons (Fsp3) is 0.333. The third-order valence-corrected chi connectivity index (χ3v) is 5.79. The van der Waals surface area contributed by atoms with Crippen molar-refractivity contribution in [3.05, 3.63) is 94.5 Å². The highest BCUT2D eigenvalue weighted by Crippen LogP contribution is 2.34. The molecule has 0 saturated carbocycles. The van der Waals surface area contributed by atoms with Gasteiger partial charge in [-0.3, -0.25) is 0 Å². The van der Waals surface area contributed by atoms with Gasteiger partial charge in [0.1, 0.15) is 17.5 Å². The normalized spacial score (nSPS) is 13.1. The van der Waals surface area contributed by atoms with Gasteiger partial charge in [-0.15, -0.1) is 0 Å². The van der Waals surface area contributed by atoms with Gasteiger partial charge in [-0.2, -0.15) is 0 Å². The summed E-state index contributed by atoms with van der Waals surface area (Å²) in [5.41, 5.74) is 3.77. The quantitative estimate of drug-likeness (QED) is 0.422. The van der Waals surface area contributed by atoms with Gasteiger partial charge in [0.15, 0.2) is 0 Å². The number of rotatable bonds is 10. The molecule has 0 radical (unpaired) electrons. The van der Waals surface area contributed by atoms with Gasteiger partial charge >= 0.3 is 0 Å². The Morgan fingerprint density at radius 1 is 0.839 bits per heavy atom. The molecule has 0 heterocycles. The lowest BCUT2D eigenvalue weighted by Crippen LogP contribution is -2.84. The lowest BCUT2D eigenvalue weighted by atomic mass is 9.87. The standard InChI is InChI=1S/C27H32ClNO2/c1-19(2)31-24-15-11-22(12-16-24)25(26-7-5-6-8-27(26)30-4)17-18-29-20(3)21-9-13-23(28)14-10-21/h5-16,19-20,25,29H,17-18H2,1-4H3/p+1/t20-,25+/m0/s1. The predicted octanol–water partition coefficient (Wildman–Crippen LogP) is 5.98. The van der Waals surface area contributed by atoms with Crippen molar-refractivity contribution in [2.24, 2.45) is 0 Å². The van der Waals surface area contributed by atoms with E-state index < -0.39 is 0 Å². The smallest absolute Gasteiger partial charge is 0.122 e. The Bertz CT molecular complexity index is 938. The van der Waals surface area contributed by atoms with Crippen molar-refractivity contribution in [1.82, 2.24) is 0 Å². The molecule has 0 aliphatic carbocycles. The Balaban J connectivity index is 1.77. The van der Waals surface area contributed by atoms with Crippen LogP contribution in [0.4, 0.5) is 0 Å². The zero-order chi connectivity index (χ0) is 22.2. The third kappa shape index (κ3) is 6.49. The summed E-state index contributed by atoms with van der Waals surface area (Å²) in [7, 11) is 1.74. The van der Waals surface area contributed by atoms with E-state index in [9.17, 15) is 0 Å². The van der Waals surface area contributed by atoms with Crippen LogP contribution in [0.3, 0.4) is 0 Å². The molecule has 0 bridgehead atoms. The summed E-state index contributed by atoms with van der Waals surface area (Å²) in [6.45, 7) is 7.32. The molecule has 4 heteroatoms. The molecule has 164 valence electrons. The van der Waals surface area contributed by atoms with Gasteiger partial charge in [0, 0.05) is 28.5 Å². The van der Waals surface area contributed by atoms with E-state index in [1.165, 1.54) is 16.7 Å². The highest BCUT2D eigenvalue weighted by molar-refractivity contribution is 6.30. The minimum absolute atomic E-state index is 0.166. The van der Waals surface area contributed by atoms with E-state index in [4.69, 9.17) is 21.1 Å². The average Bonchev–Trinajstić information content (AvgIpc) is 2.77. The van der Waals surface area contributed by atoms with E-state index in [2.05, 4.69) is 60.8 Å². The van der Waals surface area contributed by atoms with E-state index in [-0.39, 0.29) is 12.0 Å². The number of quaternary nitrogens is 1. The lowest BCUT2D eigenvalue weighted by molar-refractivity contribution is -0.693. The maximum atomic E-state index is 6.03. The van der Waals surface area contributed by atoms with Gasteiger partial charge in [0.2, 0.25) is 0 Å². The van der Waals surface area contributed by atoms with Crippen LogP contribution < -0.4 is 14.8 Å². The van der Waals surface area contributed by atoms with Gasteiger partial charge in [-0.25, -0.2) is 0 Å². The van der Waals surface area contributed by atoms with Crippen LogP contribution in [0.2, 0.25) is 5.02 Å². The number of halogens is 1. The van der Waals surface area contributed by atoms with E-state index in [0.717, 1.165) is 29.5 Å². The number of hydrogen-bond acceptors (Lipinski definition) is 2. The first-order chi connectivity index (χ1) is 15.0. The van der Waals surface area contributed by atoms with Crippen molar-refractivity contribution in [2.75, 3.05) is 13.7 Å². The number of methoxy groups -OCH3 is 1. The molecule has 3 nitrogen and oxygen atoms in total. The summed E-state index contributed by atoms with van der Waals surface area (Å²) in [5, 5.41) is 3.17. The molecule has 0 aliphatic heterocycles. The fourth-order valence-electron chi connectivity index (χ4n) is 3.92. The van der Waals surface area contributed by atoms with E-state index in [0.29, 0.717) is 6.04 Å². The molecule has 0 unspecified atom stereocenters. The Hall–Kier alpha value is -2.49. The van der Waals surface area contributed by atoms with Crippen LogP contribution in [0.1, 0.15) is 55.8 Å². The molecule has 0 spiro atoms. The van der Waals surface area contributed by atoms with Crippen molar-refractivity contribution in [3.8, 4) is 11.5 Å². The molecular weight excluding hydrogens is 406 g/mol. The van der Waals surface area contributed by atoms with E-state index in [1.54, 1.807) is 7.11 Å². The van der Waals surface area contributed by atoms with E-state index in [1.807, 2.05) is 38.1 Å². The van der Waals surface area contributed by atoms with Crippen molar-refractivity contribution in [3.63, 3.8) is 0 Å². The van der Waals surface area contributed by atoms with Gasteiger partial charge in [-0.05, 0) is 56.7 Å². The highest BCUT2D eigenvalue weighted by Gasteiger charge is 2.20. The zero-order valence-electron chi connectivity index (χ0n) is 18.8. The van der Waals surface area contributed by atoms with Crippen LogP contribution in [0, 0.1) is 0 Å². The first-order valence-electron chi connectivity index (χ1n) is 11.0. The third-order valence-electron chi connectivity index (χ3n) is 5.54. The topological polar surface area (TPSA) is 35.1 Å². The highest BCUT2D eigenvalue weighted by atomic mass is 35.5. The minimum atomic E-state index is 0.166. The van der Waals surface area contributed by atoms with Crippen molar-refractivity contribution in [1.29, 1.82) is 0 Å². The largest absolute Gasteiger partial charge is 0.496 e. The minimum Gasteiger partial charge on any atom is -0.496 e.